The maximum absolute atomic E-state index is 4.82. The van der Waals surface area contributed by atoms with Crippen molar-refractivity contribution in [3.63, 3.8) is 0 Å². The summed E-state index contributed by atoms with van der Waals surface area (Å²) in [7, 11) is 0. The molecule has 1 N–H and O–H groups in total. The third kappa shape index (κ3) is 3.97. The Balaban J connectivity index is 1.34. The largest absolute Gasteiger partial charge is 0.253 e. The number of fused-ring (bicyclic) bond motifs is 1. The summed E-state index contributed by atoms with van der Waals surface area (Å²) in [4.78, 5) is 9.41. The van der Waals surface area contributed by atoms with Crippen molar-refractivity contribution in [1.82, 2.24) is 9.97 Å². The minimum atomic E-state index is 0.760. The summed E-state index contributed by atoms with van der Waals surface area (Å²) in [6.07, 6.45) is 1.79. The van der Waals surface area contributed by atoms with E-state index in [9.17, 15) is 0 Å². The Hall–Kier alpha value is -3.83. The van der Waals surface area contributed by atoms with Gasteiger partial charge in [-0.3, -0.25) is 5.43 Å². The highest BCUT2D eigenvalue weighted by Crippen LogP contribution is 2.25. The lowest BCUT2D eigenvalue weighted by Gasteiger charge is -2.04. The maximum Gasteiger partial charge on any atom is 0.203 e. The highest BCUT2D eigenvalue weighted by Gasteiger charge is 2.04. The van der Waals surface area contributed by atoms with E-state index in [-0.39, 0.29) is 0 Å². The quantitative estimate of drug-likeness (QED) is 0.269. The summed E-state index contributed by atoms with van der Waals surface area (Å²) in [5, 5.41) is 8.24. The van der Waals surface area contributed by atoms with Crippen LogP contribution in [0.5, 0.6) is 0 Å². The Bertz CT molecular complexity index is 1310. The molecule has 2 heterocycles. The Morgan fingerprint density at radius 2 is 1.43 bits per heavy atom. The second-order valence-electron chi connectivity index (χ2n) is 6.79. The molecule has 2 aromatic heterocycles. The molecule has 5 heteroatoms. The van der Waals surface area contributed by atoms with E-state index in [0.29, 0.717) is 0 Å². The number of rotatable bonds is 5. The molecule has 0 radical (unpaired) electrons. The Kier molecular flexibility index (Phi) is 5.02. The number of benzene rings is 3. The number of hydrazone groups is 1. The number of nitrogens with one attached hydrogen (secondary N) is 1. The van der Waals surface area contributed by atoms with Crippen LogP contribution in [0.15, 0.2) is 101 Å². The summed E-state index contributed by atoms with van der Waals surface area (Å²) < 4.78 is 0. The van der Waals surface area contributed by atoms with Gasteiger partial charge in [0.1, 0.15) is 0 Å². The predicted molar refractivity (Wildman–Crippen MR) is 126 cm³/mol. The number of aromatic nitrogens is 2. The average Bonchev–Trinajstić information content (AvgIpc) is 3.29. The van der Waals surface area contributed by atoms with Crippen molar-refractivity contribution in [1.29, 1.82) is 0 Å². The van der Waals surface area contributed by atoms with E-state index >= 15 is 0 Å². The normalized spacial score (nSPS) is 11.2. The van der Waals surface area contributed by atoms with Crippen LogP contribution in [-0.2, 0) is 0 Å². The highest BCUT2D eigenvalue weighted by molar-refractivity contribution is 7.14. The zero-order chi connectivity index (χ0) is 20.2. The minimum absolute atomic E-state index is 0.760. The summed E-state index contributed by atoms with van der Waals surface area (Å²) in [5.74, 6) is 0. The van der Waals surface area contributed by atoms with Crippen LogP contribution in [0.1, 0.15) is 5.56 Å². The number of hydrogen-bond acceptors (Lipinski definition) is 5. The smallest absolute Gasteiger partial charge is 0.203 e. The van der Waals surface area contributed by atoms with Crippen LogP contribution >= 0.6 is 11.3 Å². The van der Waals surface area contributed by atoms with Gasteiger partial charge in [0.15, 0.2) is 0 Å². The van der Waals surface area contributed by atoms with Crippen LogP contribution in [0.2, 0.25) is 0 Å². The van der Waals surface area contributed by atoms with Gasteiger partial charge in [-0.05, 0) is 17.7 Å². The summed E-state index contributed by atoms with van der Waals surface area (Å²) >= 11 is 1.53. The first-order valence-electron chi connectivity index (χ1n) is 9.61. The molecular weight excluding hydrogens is 388 g/mol. The SMILES string of the molecule is C(=NNc1nc(-c2ccccc2)cs1)c1ccc2ccc(-c3ccccc3)nc2c1. The van der Waals surface area contributed by atoms with Gasteiger partial charge in [0, 0.05) is 21.9 Å². The average molecular weight is 407 g/mol. The fraction of sp³-hybridized carbons (Fsp3) is 0. The van der Waals surface area contributed by atoms with Crippen LogP contribution < -0.4 is 5.43 Å². The van der Waals surface area contributed by atoms with Crippen molar-refractivity contribution in [3.05, 3.63) is 102 Å². The van der Waals surface area contributed by atoms with E-state index in [4.69, 9.17) is 4.98 Å². The van der Waals surface area contributed by atoms with Crippen molar-refractivity contribution in [2.45, 2.75) is 0 Å². The molecule has 0 atom stereocenters. The fourth-order valence-corrected chi connectivity index (χ4v) is 3.88. The van der Waals surface area contributed by atoms with Crippen LogP contribution in [-0.4, -0.2) is 16.2 Å². The third-order valence-electron chi connectivity index (χ3n) is 4.73. The van der Waals surface area contributed by atoms with E-state index in [2.05, 4.69) is 45.8 Å². The molecule has 5 rings (SSSR count). The van der Waals surface area contributed by atoms with Gasteiger partial charge in [-0.25, -0.2) is 9.97 Å². The molecule has 5 aromatic rings. The molecule has 30 heavy (non-hydrogen) atoms. The number of pyridine rings is 1. The van der Waals surface area contributed by atoms with Gasteiger partial charge in [-0.2, -0.15) is 5.10 Å². The first-order valence-corrected chi connectivity index (χ1v) is 10.5. The van der Waals surface area contributed by atoms with E-state index in [0.717, 1.165) is 44.1 Å². The van der Waals surface area contributed by atoms with Gasteiger partial charge < -0.3 is 0 Å². The minimum Gasteiger partial charge on any atom is -0.253 e. The maximum atomic E-state index is 4.82. The molecule has 0 unspecified atom stereocenters. The third-order valence-corrected chi connectivity index (χ3v) is 5.48. The fourth-order valence-electron chi connectivity index (χ4n) is 3.21. The van der Waals surface area contributed by atoms with Crippen LogP contribution in [0.3, 0.4) is 0 Å². The summed E-state index contributed by atoms with van der Waals surface area (Å²) in [6, 6.07) is 30.6. The second kappa shape index (κ2) is 8.27. The summed E-state index contributed by atoms with van der Waals surface area (Å²) in [6.45, 7) is 0. The Morgan fingerprint density at radius 3 is 2.20 bits per heavy atom. The Labute approximate surface area is 178 Å². The standard InChI is InChI=1S/C25H18N4S/c1-3-7-19(8-4-1)22-14-13-21-12-11-18(15-23(21)27-22)16-26-29-25-28-24(17-30-25)20-9-5-2-6-10-20/h1-17H,(H,28,29). The molecule has 3 aromatic carbocycles. The Morgan fingerprint density at radius 1 is 0.733 bits per heavy atom. The van der Waals surface area contributed by atoms with Crippen LogP contribution in [0.25, 0.3) is 33.4 Å². The predicted octanol–water partition coefficient (Wildman–Crippen LogP) is 6.47. The van der Waals surface area contributed by atoms with E-state index in [1.807, 2.05) is 66.0 Å². The molecule has 0 bridgehead atoms. The van der Waals surface area contributed by atoms with E-state index in [1.54, 1.807) is 6.21 Å². The number of nitrogens with zero attached hydrogens (tertiary/aromatic N) is 3. The zero-order valence-electron chi connectivity index (χ0n) is 16.1. The molecule has 0 fully saturated rings. The van der Waals surface area contributed by atoms with Crippen LogP contribution in [0, 0.1) is 0 Å². The van der Waals surface area contributed by atoms with Gasteiger partial charge in [-0.1, -0.05) is 78.9 Å². The van der Waals surface area contributed by atoms with Crippen molar-refractivity contribution < 1.29 is 0 Å². The van der Waals surface area contributed by atoms with Gasteiger partial charge in [0.05, 0.1) is 23.1 Å². The lowest BCUT2D eigenvalue weighted by atomic mass is 10.1. The molecule has 0 aliphatic carbocycles. The molecule has 144 valence electrons. The van der Waals surface area contributed by atoms with Gasteiger partial charge in [0.2, 0.25) is 5.13 Å². The van der Waals surface area contributed by atoms with E-state index in [1.165, 1.54) is 11.3 Å². The molecule has 0 saturated heterocycles. The van der Waals surface area contributed by atoms with Crippen molar-refractivity contribution >= 4 is 33.6 Å². The van der Waals surface area contributed by atoms with E-state index < -0.39 is 0 Å². The number of hydrogen-bond donors (Lipinski definition) is 1. The molecule has 0 aliphatic rings. The highest BCUT2D eigenvalue weighted by atomic mass is 32.1. The van der Waals surface area contributed by atoms with Crippen molar-refractivity contribution in [3.8, 4) is 22.5 Å². The first-order chi connectivity index (χ1) is 14.8. The topological polar surface area (TPSA) is 50.2 Å². The van der Waals surface area contributed by atoms with Crippen LogP contribution in [0.4, 0.5) is 5.13 Å². The molecule has 0 amide bonds. The zero-order valence-corrected chi connectivity index (χ0v) is 16.9. The molecule has 0 spiro atoms. The number of anilines is 1. The molecule has 0 saturated carbocycles. The molecule has 0 aliphatic heterocycles. The number of thiazole rings is 1. The lowest BCUT2D eigenvalue weighted by Crippen LogP contribution is -1.91. The second-order valence-corrected chi connectivity index (χ2v) is 7.65. The first kappa shape index (κ1) is 18.2. The molecular formula is C25H18N4S. The van der Waals surface area contributed by atoms with Gasteiger partial charge in [0.25, 0.3) is 0 Å². The van der Waals surface area contributed by atoms with Gasteiger partial charge >= 0.3 is 0 Å². The van der Waals surface area contributed by atoms with Gasteiger partial charge in [-0.15, -0.1) is 11.3 Å². The molecule has 4 nitrogen and oxygen atoms in total. The van der Waals surface area contributed by atoms with Crippen molar-refractivity contribution in [2.24, 2.45) is 5.10 Å². The lowest BCUT2D eigenvalue weighted by molar-refractivity contribution is 1.29. The summed E-state index contributed by atoms with van der Waals surface area (Å²) in [5.41, 5.74) is 9.07. The monoisotopic (exact) mass is 406 g/mol. The van der Waals surface area contributed by atoms with Crippen molar-refractivity contribution in [2.75, 3.05) is 5.43 Å².